The molecule has 1 aliphatic rings. The Kier molecular flexibility index (Phi) is 5.21. The van der Waals surface area contributed by atoms with Gasteiger partial charge in [0.2, 0.25) is 0 Å². The molecular formula is C19H26N2O2S. The zero-order valence-electron chi connectivity index (χ0n) is 14.9. The number of carbonyl (C=O) groups excluding carboxylic acids is 1. The van der Waals surface area contributed by atoms with E-state index in [-0.39, 0.29) is 5.91 Å². The molecule has 0 unspecified atom stereocenters. The predicted molar refractivity (Wildman–Crippen MR) is 101 cm³/mol. The Balaban J connectivity index is 1.91. The van der Waals surface area contributed by atoms with Crippen LogP contribution in [0.5, 0.6) is 0 Å². The number of hydrogen-bond acceptors (Lipinski definition) is 4. The molecule has 1 aromatic carbocycles. The molecule has 0 radical (unpaired) electrons. The summed E-state index contributed by atoms with van der Waals surface area (Å²) >= 11 is 1.91. The molecule has 1 heterocycles. The molecule has 1 amide bonds. The van der Waals surface area contributed by atoms with Crippen molar-refractivity contribution in [1.29, 1.82) is 0 Å². The van der Waals surface area contributed by atoms with Crippen molar-refractivity contribution in [1.82, 2.24) is 9.80 Å². The first kappa shape index (κ1) is 17.4. The normalized spacial score (nSPS) is 20.9. The summed E-state index contributed by atoms with van der Waals surface area (Å²) in [6, 6.07) is 8.23. The molecule has 1 fully saturated rings. The molecule has 1 saturated carbocycles. The molecule has 0 bridgehead atoms. The molecule has 4 nitrogen and oxygen atoms in total. The number of hydrogen-bond donors (Lipinski definition) is 0. The molecule has 5 heteroatoms. The summed E-state index contributed by atoms with van der Waals surface area (Å²) in [6.45, 7) is 0.698. The van der Waals surface area contributed by atoms with Crippen molar-refractivity contribution >= 4 is 28.6 Å². The molecular weight excluding hydrogens is 320 g/mol. The van der Waals surface area contributed by atoms with Crippen molar-refractivity contribution < 1.29 is 9.21 Å². The molecule has 0 saturated heterocycles. The van der Waals surface area contributed by atoms with Crippen LogP contribution in [0.4, 0.5) is 0 Å². The van der Waals surface area contributed by atoms with Crippen molar-refractivity contribution in [2.24, 2.45) is 0 Å². The summed E-state index contributed by atoms with van der Waals surface area (Å²) in [4.78, 5) is 17.1. The Morgan fingerprint density at radius 2 is 2.00 bits per heavy atom. The van der Waals surface area contributed by atoms with Crippen LogP contribution in [0.25, 0.3) is 11.0 Å². The Morgan fingerprint density at radius 1 is 1.25 bits per heavy atom. The van der Waals surface area contributed by atoms with Crippen LogP contribution in [-0.4, -0.2) is 54.4 Å². The Bertz CT molecular complexity index is 725. The molecule has 1 aromatic heterocycles. The minimum atomic E-state index is 0.00908. The van der Waals surface area contributed by atoms with Crippen LogP contribution in [0.15, 0.2) is 28.7 Å². The maximum absolute atomic E-state index is 13.1. The third-order valence-electron chi connectivity index (χ3n) is 4.93. The molecule has 2 atom stereocenters. The van der Waals surface area contributed by atoms with E-state index in [0.29, 0.717) is 23.6 Å². The number of amides is 1. The van der Waals surface area contributed by atoms with Crippen molar-refractivity contribution in [3.8, 4) is 0 Å². The number of para-hydroxylation sites is 1. The van der Waals surface area contributed by atoms with Gasteiger partial charge in [0.15, 0.2) is 5.76 Å². The van der Waals surface area contributed by atoms with Gasteiger partial charge in [-0.15, -0.1) is 0 Å². The van der Waals surface area contributed by atoms with Gasteiger partial charge in [0, 0.05) is 35.8 Å². The van der Waals surface area contributed by atoms with Crippen molar-refractivity contribution in [3.05, 3.63) is 35.6 Å². The topological polar surface area (TPSA) is 36.7 Å². The summed E-state index contributed by atoms with van der Waals surface area (Å²) in [5.41, 5.74) is 1.78. The van der Waals surface area contributed by atoms with Crippen LogP contribution < -0.4 is 0 Å². The predicted octanol–water partition coefficient (Wildman–Crippen LogP) is 3.85. The van der Waals surface area contributed by atoms with E-state index in [4.69, 9.17) is 4.42 Å². The van der Waals surface area contributed by atoms with Gasteiger partial charge in [-0.25, -0.2) is 0 Å². The largest absolute Gasteiger partial charge is 0.451 e. The van der Waals surface area contributed by atoms with E-state index in [1.165, 1.54) is 6.42 Å². The summed E-state index contributed by atoms with van der Waals surface area (Å²) in [5.74, 6) is 0.509. The number of thioether (sulfide) groups is 1. The van der Waals surface area contributed by atoms with Gasteiger partial charge in [-0.3, -0.25) is 4.79 Å². The lowest BCUT2D eigenvalue weighted by atomic mass is 10.1. The van der Waals surface area contributed by atoms with Gasteiger partial charge < -0.3 is 14.2 Å². The summed E-state index contributed by atoms with van der Waals surface area (Å²) in [7, 11) is 5.95. The molecule has 0 N–H and O–H groups in total. The van der Waals surface area contributed by atoms with Gasteiger partial charge in [0.05, 0.1) is 0 Å². The molecule has 0 spiro atoms. The summed E-state index contributed by atoms with van der Waals surface area (Å²) in [5, 5.41) is 1.71. The fourth-order valence-electron chi connectivity index (χ4n) is 3.55. The van der Waals surface area contributed by atoms with Crippen LogP contribution in [0, 0.1) is 0 Å². The average molecular weight is 346 g/mol. The maximum atomic E-state index is 13.1. The van der Waals surface area contributed by atoms with Gasteiger partial charge >= 0.3 is 0 Å². The minimum absolute atomic E-state index is 0.00908. The van der Waals surface area contributed by atoms with Crippen LogP contribution in [0.2, 0.25) is 0 Å². The Hall–Kier alpha value is -1.46. The number of nitrogens with zero attached hydrogens (tertiary/aromatic N) is 2. The van der Waals surface area contributed by atoms with Crippen LogP contribution >= 0.6 is 11.8 Å². The number of rotatable bonds is 5. The highest BCUT2D eigenvalue weighted by atomic mass is 32.2. The average Bonchev–Trinajstić information content (AvgIpc) is 3.18. The highest BCUT2D eigenvalue weighted by Crippen LogP contribution is 2.33. The molecule has 1 aliphatic carbocycles. The zero-order chi connectivity index (χ0) is 17.3. The summed E-state index contributed by atoms with van der Waals surface area (Å²) < 4.78 is 5.97. The second-order valence-corrected chi connectivity index (χ2v) is 8.02. The molecule has 3 rings (SSSR count). The van der Waals surface area contributed by atoms with Crippen LogP contribution in [0.1, 0.15) is 35.4 Å². The fourth-order valence-corrected chi connectivity index (χ4v) is 4.34. The van der Waals surface area contributed by atoms with Crippen LogP contribution in [-0.2, 0) is 6.54 Å². The highest BCUT2D eigenvalue weighted by Gasteiger charge is 2.32. The van der Waals surface area contributed by atoms with Crippen molar-refractivity contribution in [2.45, 2.75) is 37.1 Å². The van der Waals surface area contributed by atoms with Gasteiger partial charge in [-0.05, 0) is 45.7 Å². The lowest BCUT2D eigenvalue weighted by molar-refractivity contribution is 0.0703. The van der Waals surface area contributed by atoms with E-state index in [0.717, 1.165) is 29.4 Å². The minimum Gasteiger partial charge on any atom is -0.451 e. The van der Waals surface area contributed by atoms with E-state index < -0.39 is 0 Å². The van der Waals surface area contributed by atoms with Crippen molar-refractivity contribution in [3.63, 3.8) is 0 Å². The first-order valence-electron chi connectivity index (χ1n) is 8.46. The van der Waals surface area contributed by atoms with E-state index in [9.17, 15) is 4.79 Å². The smallest absolute Gasteiger partial charge is 0.289 e. The lowest BCUT2D eigenvalue weighted by Crippen LogP contribution is -2.36. The second kappa shape index (κ2) is 7.19. The molecule has 0 aliphatic heterocycles. The Morgan fingerprint density at radius 3 is 2.67 bits per heavy atom. The third kappa shape index (κ3) is 3.33. The SMILES string of the molecule is CS[C@@H]1CC[C@@H](N(C)C(=O)c2oc3ccccc3c2CN(C)C)C1. The first-order chi connectivity index (χ1) is 11.5. The monoisotopic (exact) mass is 346 g/mol. The van der Waals surface area contributed by atoms with E-state index in [1.807, 2.05) is 62.1 Å². The van der Waals surface area contributed by atoms with Gasteiger partial charge in [0.25, 0.3) is 5.91 Å². The Labute approximate surface area is 148 Å². The van der Waals surface area contributed by atoms with E-state index in [2.05, 4.69) is 11.2 Å². The third-order valence-corrected chi connectivity index (χ3v) is 6.02. The summed E-state index contributed by atoms with van der Waals surface area (Å²) in [6.07, 6.45) is 5.50. The van der Waals surface area contributed by atoms with Crippen LogP contribution in [0.3, 0.4) is 0 Å². The van der Waals surface area contributed by atoms with E-state index in [1.54, 1.807) is 0 Å². The fraction of sp³-hybridized carbons (Fsp3) is 0.526. The molecule has 130 valence electrons. The zero-order valence-corrected chi connectivity index (χ0v) is 15.7. The van der Waals surface area contributed by atoms with Gasteiger partial charge in [0.1, 0.15) is 5.58 Å². The quantitative estimate of drug-likeness (QED) is 0.824. The van der Waals surface area contributed by atoms with E-state index >= 15 is 0 Å². The molecule has 2 aromatic rings. The molecule has 24 heavy (non-hydrogen) atoms. The standard InChI is InChI=1S/C19H26N2O2S/c1-20(2)12-16-15-7-5-6-8-17(15)23-18(16)19(22)21(3)13-9-10-14(11-13)24-4/h5-8,13-14H,9-12H2,1-4H3/t13-,14-/m1/s1. The second-order valence-electron chi connectivity index (χ2n) is 6.88. The van der Waals surface area contributed by atoms with Crippen molar-refractivity contribution in [2.75, 3.05) is 27.4 Å². The van der Waals surface area contributed by atoms with Gasteiger partial charge in [-0.2, -0.15) is 11.8 Å². The number of carbonyl (C=O) groups is 1. The lowest BCUT2D eigenvalue weighted by Gasteiger charge is -2.24. The number of furan rings is 1. The number of fused-ring (bicyclic) bond motifs is 1. The number of benzene rings is 1. The first-order valence-corrected chi connectivity index (χ1v) is 9.75. The maximum Gasteiger partial charge on any atom is 0.289 e. The van der Waals surface area contributed by atoms with Gasteiger partial charge in [-0.1, -0.05) is 18.2 Å². The highest BCUT2D eigenvalue weighted by molar-refractivity contribution is 7.99.